The van der Waals surface area contributed by atoms with Crippen molar-refractivity contribution in [2.45, 2.75) is 201 Å². The molecule has 2 heterocycles. The van der Waals surface area contributed by atoms with Crippen LogP contribution in [0.5, 0.6) is 0 Å². The van der Waals surface area contributed by atoms with E-state index in [1.807, 2.05) is 27.7 Å². The van der Waals surface area contributed by atoms with Gasteiger partial charge in [0, 0.05) is 42.6 Å². The van der Waals surface area contributed by atoms with Gasteiger partial charge in [0.2, 0.25) is 6.29 Å². The van der Waals surface area contributed by atoms with Gasteiger partial charge >= 0.3 is 23.9 Å². The molecule has 7 N–H and O–H groups in total. The van der Waals surface area contributed by atoms with Crippen molar-refractivity contribution in [2.24, 2.45) is 50.2 Å². The zero-order valence-electron chi connectivity index (χ0n) is 43.8. The molecule has 2 saturated heterocycles. The maximum absolute atomic E-state index is 13.9. The van der Waals surface area contributed by atoms with E-state index < -0.39 is 168 Å². The van der Waals surface area contributed by atoms with Crippen molar-refractivity contribution in [1.29, 1.82) is 0 Å². The van der Waals surface area contributed by atoms with Crippen molar-refractivity contribution in [3.05, 3.63) is 23.3 Å². The topological polar surface area (TPSA) is 310 Å². The molecule has 0 aromatic heterocycles. The van der Waals surface area contributed by atoms with Crippen molar-refractivity contribution in [3.8, 4) is 0 Å². The van der Waals surface area contributed by atoms with E-state index in [-0.39, 0.29) is 30.3 Å². The average Bonchev–Trinajstić information content (AvgIpc) is 3.32. The Morgan fingerprint density at radius 1 is 0.712 bits per heavy atom. The van der Waals surface area contributed by atoms with Crippen molar-refractivity contribution >= 4 is 30.3 Å². The maximum atomic E-state index is 13.9. The Balaban J connectivity index is 1.29. The fraction of sp³-hybridized carbons (Fsp3) is 0.827. The Kier molecular flexibility index (Phi) is 16.2. The zero-order valence-corrected chi connectivity index (χ0v) is 43.8. The lowest BCUT2D eigenvalue weighted by molar-refractivity contribution is -0.384. The van der Waals surface area contributed by atoms with Crippen LogP contribution in [0.25, 0.3) is 0 Å². The number of carbonyl (C=O) groups is 5. The van der Waals surface area contributed by atoms with Gasteiger partial charge in [-0.2, -0.15) is 0 Å². The molecule has 7 aliphatic rings. The molecule has 2 aliphatic heterocycles. The highest BCUT2D eigenvalue weighted by molar-refractivity contribution is 5.88. The van der Waals surface area contributed by atoms with Crippen LogP contribution in [0.1, 0.15) is 115 Å². The number of carbonyl (C=O) groups excluding carboxylic acids is 5. The van der Waals surface area contributed by atoms with Gasteiger partial charge in [-0.3, -0.25) is 19.2 Å². The van der Waals surface area contributed by atoms with Crippen LogP contribution in [0.15, 0.2) is 23.3 Å². The minimum atomic E-state index is -1.84. The fourth-order valence-electron chi connectivity index (χ4n) is 15.1. The van der Waals surface area contributed by atoms with Crippen molar-refractivity contribution in [1.82, 2.24) is 0 Å². The summed E-state index contributed by atoms with van der Waals surface area (Å²) in [7, 11) is 0. The largest absolute Gasteiger partial charge is 0.458 e. The summed E-state index contributed by atoms with van der Waals surface area (Å²) in [5.74, 6) is -4.03. The highest BCUT2D eigenvalue weighted by atomic mass is 16.8. The van der Waals surface area contributed by atoms with E-state index in [4.69, 9.17) is 42.6 Å². The number of aliphatic hydroxyl groups is 7. The van der Waals surface area contributed by atoms with Gasteiger partial charge in [-0.15, -0.1) is 0 Å². The second-order valence-corrected chi connectivity index (χ2v) is 23.3. The number of allylic oxidation sites excluding steroid dienone is 2. The SMILES string of the molecule is C/C=C(/C)C(=O)O[C@H]1[C@H](OC(C)=O)C(C)(C)C[C@H]2C3=CCC4[C@@]5(C)CCC(OC6OC(OC=O)C(O)C(OC7OCC(O)C(O)C7O)C6O)[C@@](C)(CO)C5CC[C@@]4(C)[C@]3(C)[C@@H](OC(C)=O)[C@@H](OC(C)=O)[C@]21CO. The lowest BCUT2D eigenvalue weighted by Crippen LogP contribution is -2.77. The number of hydrogen-bond donors (Lipinski definition) is 7. The molecule has 6 fully saturated rings. The summed E-state index contributed by atoms with van der Waals surface area (Å²) < 4.78 is 54.0. The first-order chi connectivity index (χ1) is 34.1. The second kappa shape index (κ2) is 20.7. The first-order valence-corrected chi connectivity index (χ1v) is 25.4. The van der Waals surface area contributed by atoms with Gasteiger partial charge in [-0.05, 0) is 81.0 Å². The summed E-state index contributed by atoms with van der Waals surface area (Å²) in [5.41, 5.74) is -5.09. The third-order valence-electron chi connectivity index (χ3n) is 19.1. The monoisotopic (exact) mass is 1040 g/mol. The molecular weight excluding hydrogens is 961 g/mol. The molecule has 21 nitrogen and oxygen atoms in total. The fourth-order valence-corrected chi connectivity index (χ4v) is 15.1. The summed E-state index contributed by atoms with van der Waals surface area (Å²) in [4.78, 5) is 65.6. The molecule has 0 aromatic rings. The molecule has 4 saturated carbocycles. The van der Waals surface area contributed by atoms with Crippen LogP contribution in [0.2, 0.25) is 0 Å². The predicted octanol–water partition coefficient (Wildman–Crippen LogP) is 1.65. The normalized spacial score (nSPS) is 47.2. The van der Waals surface area contributed by atoms with E-state index in [0.717, 1.165) is 5.57 Å². The van der Waals surface area contributed by atoms with Crippen LogP contribution in [0, 0.1) is 50.2 Å². The predicted molar refractivity (Wildman–Crippen MR) is 250 cm³/mol. The van der Waals surface area contributed by atoms with Crippen LogP contribution in [0.4, 0.5) is 0 Å². The highest BCUT2D eigenvalue weighted by Crippen LogP contribution is 2.77. The standard InChI is InChI=1S/C52H78O21/c1-12-24(2)43(64)72-41-39(67-25(3)56)47(6,7)19-29-28-13-14-32-48(8)17-16-33(70-46-37(63)38(36(62)45(73-46)66-23-55)71-44-35(61)34(60)30(59)20-65-44)49(9,21-53)31(48)15-18-50(32,10)51(28,11)40(68-26(4)57)42(69-27(5)58)52(29,41)22-54/h12-13,23,29-42,44-46,53-54,59-63H,14-22H2,1-11H3/b24-12-/t29-,30?,31?,32?,33?,34?,35?,36?,37?,38?,39-,40-,41-,42+,44?,45?,46?,48-,49-,50+,51-,52+/m0/s1. The smallest absolute Gasteiger partial charge is 0.333 e. The van der Waals surface area contributed by atoms with E-state index in [1.54, 1.807) is 19.9 Å². The first-order valence-electron chi connectivity index (χ1n) is 25.4. The lowest BCUT2D eigenvalue weighted by Gasteiger charge is -2.73. The first kappa shape index (κ1) is 57.1. The number of fused-ring (bicyclic) bond motifs is 7. The molecule has 0 radical (unpaired) electrons. The number of hydrogen-bond acceptors (Lipinski definition) is 21. The average molecular weight is 1040 g/mol. The van der Waals surface area contributed by atoms with Crippen molar-refractivity contribution < 1.29 is 102 Å². The molecule has 0 aromatic carbocycles. The molecule has 21 heteroatoms. The van der Waals surface area contributed by atoms with Crippen LogP contribution in [-0.4, -0.2) is 172 Å². The van der Waals surface area contributed by atoms with E-state index in [2.05, 4.69) is 19.9 Å². The highest BCUT2D eigenvalue weighted by Gasteiger charge is 2.78. The molecule has 12 unspecified atom stereocenters. The Morgan fingerprint density at radius 2 is 1.32 bits per heavy atom. The number of aliphatic hydroxyl groups excluding tert-OH is 7. The Morgan fingerprint density at radius 3 is 1.90 bits per heavy atom. The molecule has 7 rings (SSSR count). The minimum absolute atomic E-state index is 0.0315. The quantitative estimate of drug-likeness (QED) is 0.0344. The van der Waals surface area contributed by atoms with E-state index in [0.29, 0.717) is 32.1 Å². The van der Waals surface area contributed by atoms with E-state index in [1.165, 1.54) is 20.8 Å². The molecule has 73 heavy (non-hydrogen) atoms. The molecule has 5 aliphatic carbocycles. The van der Waals surface area contributed by atoms with Gasteiger partial charge < -0.3 is 78.4 Å². The maximum Gasteiger partial charge on any atom is 0.333 e. The Hall–Kier alpha value is -3.61. The number of rotatable bonds is 13. The molecule has 0 spiro atoms. The Bertz CT molecular complexity index is 2160. The second-order valence-electron chi connectivity index (χ2n) is 23.3. The van der Waals surface area contributed by atoms with Crippen molar-refractivity contribution in [3.63, 3.8) is 0 Å². The van der Waals surface area contributed by atoms with Crippen LogP contribution < -0.4 is 0 Å². The molecule has 412 valence electrons. The van der Waals surface area contributed by atoms with Crippen LogP contribution in [0.3, 0.4) is 0 Å². The minimum Gasteiger partial charge on any atom is -0.458 e. The summed E-state index contributed by atoms with van der Waals surface area (Å²) >= 11 is 0. The van der Waals surface area contributed by atoms with Gasteiger partial charge in [-0.25, -0.2) is 4.79 Å². The van der Waals surface area contributed by atoms with Gasteiger partial charge in [0.1, 0.15) is 48.8 Å². The summed E-state index contributed by atoms with van der Waals surface area (Å²) in [6.45, 7) is 17.4. The molecule has 0 bridgehead atoms. The molecular formula is C52H78O21. The zero-order chi connectivity index (χ0) is 54.1. The molecule has 22 atom stereocenters. The number of esters is 4. The molecule has 0 amide bonds. The van der Waals surface area contributed by atoms with Gasteiger partial charge in [0.15, 0.2) is 24.8 Å². The van der Waals surface area contributed by atoms with Crippen molar-refractivity contribution in [2.75, 3.05) is 19.8 Å². The summed E-state index contributed by atoms with van der Waals surface area (Å²) in [6.07, 6.45) is -15.1. The third kappa shape index (κ3) is 9.16. The van der Waals surface area contributed by atoms with Gasteiger partial charge in [0.05, 0.1) is 31.3 Å². The van der Waals surface area contributed by atoms with Crippen LogP contribution >= 0.6 is 0 Å². The van der Waals surface area contributed by atoms with Gasteiger partial charge in [0.25, 0.3) is 6.47 Å². The van der Waals surface area contributed by atoms with E-state index >= 15 is 0 Å². The summed E-state index contributed by atoms with van der Waals surface area (Å²) in [5, 5.41) is 77.5. The van der Waals surface area contributed by atoms with Gasteiger partial charge in [-0.1, -0.05) is 59.3 Å². The van der Waals surface area contributed by atoms with Crippen LogP contribution in [-0.2, 0) is 66.6 Å². The van der Waals surface area contributed by atoms with E-state index in [9.17, 15) is 59.7 Å². The summed E-state index contributed by atoms with van der Waals surface area (Å²) in [6, 6.07) is 0. The Labute approximate surface area is 425 Å². The third-order valence-corrected chi connectivity index (χ3v) is 19.1. The number of ether oxygens (including phenoxy) is 9. The lowest BCUT2D eigenvalue weighted by atomic mass is 9.32.